The first kappa shape index (κ1) is 17.4. The van der Waals surface area contributed by atoms with Gasteiger partial charge in [0.1, 0.15) is 30.3 Å². The standard InChI is InChI=1S/C17H20FN3O4/c18-14-2-4-15(5-3-14)25-13-17(23)11-20(8-9-24-12-17)16(22)10-21-7-1-6-19-21/h1-7,23H,8-13H2/t17-/m1/s1. The number of aromatic nitrogens is 2. The van der Waals surface area contributed by atoms with Gasteiger partial charge in [0.05, 0.1) is 19.8 Å². The van der Waals surface area contributed by atoms with Gasteiger partial charge in [-0.05, 0) is 30.3 Å². The summed E-state index contributed by atoms with van der Waals surface area (Å²) in [7, 11) is 0. The molecule has 2 aromatic rings. The van der Waals surface area contributed by atoms with Gasteiger partial charge < -0.3 is 19.5 Å². The molecule has 1 N–H and O–H groups in total. The number of carbonyl (C=O) groups excluding carboxylic acids is 1. The van der Waals surface area contributed by atoms with E-state index >= 15 is 0 Å². The number of hydrogen-bond acceptors (Lipinski definition) is 5. The van der Waals surface area contributed by atoms with Crippen LogP contribution < -0.4 is 4.74 Å². The Morgan fingerprint density at radius 3 is 2.92 bits per heavy atom. The molecule has 3 rings (SSSR count). The van der Waals surface area contributed by atoms with Crippen LogP contribution in [0.2, 0.25) is 0 Å². The highest BCUT2D eigenvalue weighted by molar-refractivity contribution is 5.76. The lowest BCUT2D eigenvalue weighted by Crippen LogP contribution is -2.50. The van der Waals surface area contributed by atoms with Gasteiger partial charge in [0.25, 0.3) is 0 Å². The van der Waals surface area contributed by atoms with Gasteiger partial charge in [-0.3, -0.25) is 9.48 Å². The zero-order valence-corrected chi connectivity index (χ0v) is 13.7. The first-order valence-corrected chi connectivity index (χ1v) is 7.98. The van der Waals surface area contributed by atoms with Gasteiger partial charge in [0.2, 0.25) is 5.91 Å². The number of aliphatic hydroxyl groups is 1. The molecule has 1 amide bonds. The summed E-state index contributed by atoms with van der Waals surface area (Å²) >= 11 is 0. The smallest absolute Gasteiger partial charge is 0.244 e. The summed E-state index contributed by atoms with van der Waals surface area (Å²) in [4.78, 5) is 14.0. The first-order chi connectivity index (χ1) is 12.0. The fraction of sp³-hybridized carbons (Fsp3) is 0.412. The Kier molecular flexibility index (Phi) is 5.30. The number of β-amino-alcohol motifs (C(OH)–C–C–N with tert-alkyl or cyclic N) is 1. The Morgan fingerprint density at radius 2 is 2.20 bits per heavy atom. The molecule has 1 aliphatic heterocycles. The van der Waals surface area contributed by atoms with E-state index in [2.05, 4.69) is 5.10 Å². The van der Waals surface area contributed by atoms with Gasteiger partial charge in [-0.2, -0.15) is 5.10 Å². The number of halogens is 1. The largest absolute Gasteiger partial charge is 0.490 e. The molecule has 0 aliphatic carbocycles. The maximum Gasteiger partial charge on any atom is 0.244 e. The molecule has 0 spiro atoms. The maximum atomic E-state index is 12.9. The van der Waals surface area contributed by atoms with E-state index < -0.39 is 5.60 Å². The van der Waals surface area contributed by atoms with E-state index in [0.717, 1.165) is 0 Å². The summed E-state index contributed by atoms with van der Waals surface area (Å²) in [5, 5.41) is 14.8. The lowest BCUT2D eigenvalue weighted by Gasteiger charge is -2.30. The average Bonchev–Trinajstić information content (AvgIpc) is 3.02. The fourth-order valence-corrected chi connectivity index (χ4v) is 2.60. The van der Waals surface area contributed by atoms with Gasteiger partial charge in [-0.15, -0.1) is 0 Å². The fourth-order valence-electron chi connectivity index (χ4n) is 2.60. The summed E-state index contributed by atoms with van der Waals surface area (Å²) in [5.41, 5.74) is -1.34. The van der Waals surface area contributed by atoms with Crippen LogP contribution in [0.25, 0.3) is 0 Å². The Morgan fingerprint density at radius 1 is 1.40 bits per heavy atom. The van der Waals surface area contributed by atoms with Crippen LogP contribution in [-0.4, -0.2) is 64.2 Å². The SMILES string of the molecule is O=C(Cn1cccn1)N1CCOC[C@@](O)(COc2ccc(F)cc2)C1. The van der Waals surface area contributed by atoms with Crippen LogP contribution in [0.5, 0.6) is 5.75 Å². The van der Waals surface area contributed by atoms with Crippen molar-refractivity contribution >= 4 is 5.91 Å². The van der Waals surface area contributed by atoms with E-state index in [9.17, 15) is 14.3 Å². The second-order valence-electron chi connectivity index (χ2n) is 6.04. The lowest BCUT2D eigenvalue weighted by atomic mass is 10.1. The molecule has 0 bridgehead atoms. The van der Waals surface area contributed by atoms with E-state index in [0.29, 0.717) is 18.9 Å². The summed E-state index contributed by atoms with van der Waals surface area (Å²) in [6.45, 7) is 0.906. The number of hydrogen-bond donors (Lipinski definition) is 1. The highest BCUT2D eigenvalue weighted by Crippen LogP contribution is 2.17. The van der Waals surface area contributed by atoms with E-state index in [4.69, 9.17) is 9.47 Å². The van der Waals surface area contributed by atoms with Crippen molar-refractivity contribution in [1.82, 2.24) is 14.7 Å². The van der Waals surface area contributed by atoms with E-state index in [1.54, 1.807) is 23.4 Å². The third-order valence-electron chi connectivity index (χ3n) is 3.89. The molecule has 0 saturated carbocycles. The van der Waals surface area contributed by atoms with Crippen molar-refractivity contribution in [3.05, 3.63) is 48.5 Å². The van der Waals surface area contributed by atoms with Crippen LogP contribution in [0.1, 0.15) is 0 Å². The molecule has 1 aromatic carbocycles. The van der Waals surface area contributed by atoms with E-state index in [1.807, 2.05) is 0 Å². The van der Waals surface area contributed by atoms with Crippen LogP contribution in [-0.2, 0) is 16.1 Å². The molecule has 1 saturated heterocycles. The molecule has 1 atom stereocenters. The van der Waals surface area contributed by atoms with Crippen molar-refractivity contribution in [2.75, 3.05) is 32.9 Å². The van der Waals surface area contributed by atoms with Gasteiger partial charge in [-0.25, -0.2) is 4.39 Å². The van der Waals surface area contributed by atoms with Crippen LogP contribution in [0.15, 0.2) is 42.7 Å². The Labute approximate surface area is 144 Å². The third kappa shape index (κ3) is 4.77. The molecule has 1 aromatic heterocycles. The molecular formula is C17H20FN3O4. The number of benzene rings is 1. The molecule has 1 aliphatic rings. The van der Waals surface area contributed by atoms with E-state index in [-0.39, 0.29) is 38.0 Å². The molecule has 7 nitrogen and oxygen atoms in total. The number of nitrogens with zero attached hydrogens (tertiary/aromatic N) is 3. The molecule has 134 valence electrons. The third-order valence-corrected chi connectivity index (χ3v) is 3.89. The Hall–Kier alpha value is -2.45. The van der Waals surface area contributed by atoms with Gasteiger partial charge in [0.15, 0.2) is 0 Å². The number of amides is 1. The zero-order chi connectivity index (χ0) is 17.7. The van der Waals surface area contributed by atoms with Gasteiger partial charge >= 0.3 is 0 Å². The highest BCUT2D eigenvalue weighted by atomic mass is 19.1. The second kappa shape index (κ2) is 7.62. The molecule has 0 radical (unpaired) electrons. The van der Waals surface area contributed by atoms with Gasteiger partial charge in [0, 0.05) is 18.9 Å². The van der Waals surface area contributed by atoms with Crippen molar-refractivity contribution < 1.29 is 23.8 Å². The number of ether oxygens (including phenoxy) is 2. The number of carbonyl (C=O) groups is 1. The molecule has 25 heavy (non-hydrogen) atoms. The minimum atomic E-state index is -1.34. The Bertz CT molecular complexity index is 692. The average molecular weight is 349 g/mol. The van der Waals surface area contributed by atoms with Crippen molar-refractivity contribution in [1.29, 1.82) is 0 Å². The highest BCUT2D eigenvalue weighted by Gasteiger charge is 2.35. The predicted octanol–water partition coefficient (Wildman–Crippen LogP) is 0.691. The van der Waals surface area contributed by atoms with Crippen LogP contribution in [0, 0.1) is 5.82 Å². The normalized spacial score (nSPS) is 21.0. The van der Waals surface area contributed by atoms with E-state index in [1.165, 1.54) is 28.9 Å². The molecule has 0 unspecified atom stereocenters. The maximum absolute atomic E-state index is 12.9. The lowest BCUT2D eigenvalue weighted by molar-refractivity contribution is -0.135. The van der Waals surface area contributed by atoms with Crippen molar-refractivity contribution in [3.63, 3.8) is 0 Å². The summed E-state index contributed by atoms with van der Waals surface area (Å²) in [6.07, 6.45) is 3.31. The first-order valence-electron chi connectivity index (χ1n) is 7.98. The van der Waals surface area contributed by atoms with Crippen molar-refractivity contribution in [2.24, 2.45) is 0 Å². The Balaban J connectivity index is 1.61. The zero-order valence-electron chi connectivity index (χ0n) is 13.7. The van der Waals surface area contributed by atoms with Crippen LogP contribution in [0.4, 0.5) is 4.39 Å². The van der Waals surface area contributed by atoms with Crippen molar-refractivity contribution in [2.45, 2.75) is 12.1 Å². The minimum Gasteiger partial charge on any atom is -0.490 e. The predicted molar refractivity (Wildman–Crippen MR) is 86.5 cm³/mol. The molecule has 2 heterocycles. The second-order valence-corrected chi connectivity index (χ2v) is 6.04. The summed E-state index contributed by atoms with van der Waals surface area (Å²) in [6, 6.07) is 7.27. The molecule has 1 fully saturated rings. The topological polar surface area (TPSA) is 76.8 Å². The van der Waals surface area contributed by atoms with Crippen LogP contribution >= 0.6 is 0 Å². The monoisotopic (exact) mass is 349 g/mol. The quantitative estimate of drug-likeness (QED) is 0.860. The summed E-state index contributed by atoms with van der Waals surface area (Å²) < 4.78 is 25.4. The van der Waals surface area contributed by atoms with Crippen molar-refractivity contribution in [3.8, 4) is 5.75 Å². The molecular weight excluding hydrogens is 329 g/mol. The molecule has 8 heteroatoms. The summed E-state index contributed by atoms with van der Waals surface area (Å²) in [5.74, 6) is -0.0813. The minimum absolute atomic E-state index is 0.0553. The van der Waals surface area contributed by atoms with Gasteiger partial charge in [-0.1, -0.05) is 0 Å². The number of rotatable bonds is 5. The van der Waals surface area contributed by atoms with Crippen LogP contribution in [0.3, 0.4) is 0 Å².